The third-order valence-electron chi connectivity index (χ3n) is 3.16. The van der Waals surface area contributed by atoms with E-state index in [1.54, 1.807) is 24.3 Å². The van der Waals surface area contributed by atoms with Gasteiger partial charge >= 0.3 is 6.03 Å². The van der Waals surface area contributed by atoms with Crippen molar-refractivity contribution in [1.82, 2.24) is 10.4 Å². The number of nitrogens with two attached hydrogens (primary N) is 1. The molecule has 20 heavy (non-hydrogen) atoms. The lowest BCUT2D eigenvalue weighted by atomic mass is 10.0. The first kappa shape index (κ1) is 14.5. The van der Waals surface area contributed by atoms with Crippen LogP contribution in [0.1, 0.15) is 0 Å². The maximum absolute atomic E-state index is 12.1. The van der Waals surface area contributed by atoms with Crippen molar-refractivity contribution in [3.8, 4) is 0 Å². The summed E-state index contributed by atoms with van der Waals surface area (Å²) in [5, 5.41) is 32.2. The first-order chi connectivity index (χ1) is 9.52. The van der Waals surface area contributed by atoms with Crippen LogP contribution in [0.15, 0.2) is 24.3 Å². The summed E-state index contributed by atoms with van der Waals surface area (Å²) in [5.74, 6) is 0. The number of rotatable bonds is 2. The molecule has 1 fully saturated rings. The maximum atomic E-state index is 12.1. The Morgan fingerprint density at radius 3 is 2.65 bits per heavy atom. The topological polar surface area (TPSA) is 131 Å². The van der Waals surface area contributed by atoms with Crippen molar-refractivity contribution in [3.63, 3.8) is 0 Å². The number of urea groups is 1. The average molecular weight is 282 g/mol. The molecule has 110 valence electrons. The number of hydrogen-bond donors (Lipinski definition) is 6. The summed E-state index contributed by atoms with van der Waals surface area (Å²) in [5.41, 5.74) is 9.31. The Hall–Kier alpha value is -1.87. The molecule has 0 radical (unpaired) electrons. The minimum atomic E-state index is -1.21. The van der Waals surface area contributed by atoms with Crippen LogP contribution in [0.5, 0.6) is 0 Å². The zero-order valence-corrected chi connectivity index (χ0v) is 10.7. The highest BCUT2D eigenvalue weighted by molar-refractivity contribution is 5.89. The van der Waals surface area contributed by atoms with E-state index in [4.69, 9.17) is 5.73 Å². The molecule has 1 saturated heterocycles. The van der Waals surface area contributed by atoms with Gasteiger partial charge in [-0.05, 0) is 24.3 Å². The molecule has 1 aliphatic rings. The average Bonchev–Trinajstić information content (AvgIpc) is 2.44. The van der Waals surface area contributed by atoms with E-state index in [-0.39, 0.29) is 6.54 Å². The number of nitrogens with one attached hydrogen (secondary N) is 2. The highest BCUT2D eigenvalue weighted by Gasteiger charge is 2.38. The first-order valence-electron chi connectivity index (χ1n) is 6.19. The van der Waals surface area contributed by atoms with E-state index in [2.05, 4.69) is 10.7 Å². The molecule has 8 nitrogen and oxygen atoms in total. The monoisotopic (exact) mass is 282 g/mol. The van der Waals surface area contributed by atoms with Crippen LogP contribution in [0.4, 0.5) is 16.2 Å². The molecule has 2 amide bonds. The number of nitrogens with zero attached hydrogens (tertiary/aromatic N) is 1. The predicted octanol–water partition coefficient (Wildman–Crippen LogP) is -1.30. The highest BCUT2D eigenvalue weighted by Crippen LogP contribution is 2.15. The fourth-order valence-corrected chi connectivity index (χ4v) is 2.00. The Kier molecular flexibility index (Phi) is 4.40. The van der Waals surface area contributed by atoms with Crippen LogP contribution < -0.4 is 16.5 Å². The Morgan fingerprint density at radius 2 is 2.05 bits per heavy atom. The van der Waals surface area contributed by atoms with Crippen molar-refractivity contribution in [2.45, 2.75) is 18.2 Å². The molecular weight excluding hydrogens is 264 g/mol. The number of hydrazine groups is 1. The fourth-order valence-electron chi connectivity index (χ4n) is 2.00. The summed E-state index contributed by atoms with van der Waals surface area (Å²) >= 11 is 0. The summed E-state index contributed by atoms with van der Waals surface area (Å²) in [4.78, 5) is 12.1. The van der Waals surface area contributed by atoms with Gasteiger partial charge in [-0.2, -0.15) is 0 Å². The van der Waals surface area contributed by atoms with E-state index in [1.807, 2.05) is 0 Å². The van der Waals surface area contributed by atoms with E-state index in [9.17, 15) is 20.1 Å². The van der Waals surface area contributed by atoms with Crippen LogP contribution >= 0.6 is 0 Å². The minimum absolute atomic E-state index is 0.0207. The highest BCUT2D eigenvalue weighted by atomic mass is 16.3. The van der Waals surface area contributed by atoms with Crippen molar-refractivity contribution in [2.24, 2.45) is 0 Å². The van der Waals surface area contributed by atoms with Crippen LogP contribution in [-0.4, -0.2) is 57.8 Å². The van der Waals surface area contributed by atoms with Crippen LogP contribution in [0.25, 0.3) is 0 Å². The molecule has 0 saturated carbocycles. The molecule has 2 rings (SSSR count). The number of carbonyl (C=O) groups is 1. The van der Waals surface area contributed by atoms with Gasteiger partial charge in [0.2, 0.25) is 0 Å². The molecule has 0 unspecified atom stereocenters. The predicted molar refractivity (Wildman–Crippen MR) is 72.6 cm³/mol. The number of aliphatic hydroxyl groups is 3. The lowest BCUT2D eigenvalue weighted by Crippen LogP contribution is -2.66. The number of carbonyl (C=O) groups excluding carboxylic acids is 1. The lowest BCUT2D eigenvalue weighted by molar-refractivity contribution is -0.0884. The van der Waals surface area contributed by atoms with Gasteiger partial charge < -0.3 is 26.4 Å². The molecular formula is C12H18N4O4. The van der Waals surface area contributed by atoms with E-state index < -0.39 is 30.9 Å². The Morgan fingerprint density at radius 1 is 1.40 bits per heavy atom. The second-order valence-electron chi connectivity index (χ2n) is 4.59. The number of anilines is 2. The van der Waals surface area contributed by atoms with Crippen molar-refractivity contribution < 1.29 is 20.1 Å². The molecule has 3 atom stereocenters. The normalized spacial score (nSPS) is 26.4. The number of aliphatic hydroxyl groups excluding tert-OH is 3. The number of hydrogen-bond acceptors (Lipinski definition) is 6. The van der Waals surface area contributed by atoms with Crippen molar-refractivity contribution in [2.75, 3.05) is 24.2 Å². The van der Waals surface area contributed by atoms with Gasteiger partial charge in [0.1, 0.15) is 12.1 Å². The molecule has 0 aromatic heterocycles. The number of benzene rings is 1. The second kappa shape index (κ2) is 6.06. The zero-order chi connectivity index (χ0) is 14.7. The largest absolute Gasteiger partial charge is 0.399 e. The van der Waals surface area contributed by atoms with E-state index in [0.29, 0.717) is 11.4 Å². The van der Waals surface area contributed by atoms with E-state index in [1.165, 1.54) is 0 Å². The van der Waals surface area contributed by atoms with Gasteiger partial charge in [-0.3, -0.25) is 5.01 Å². The van der Waals surface area contributed by atoms with Crippen LogP contribution in [-0.2, 0) is 0 Å². The molecule has 1 heterocycles. The van der Waals surface area contributed by atoms with Gasteiger partial charge in [0, 0.05) is 17.9 Å². The lowest BCUT2D eigenvalue weighted by Gasteiger charge is -2.40. The zero-order valence-electron chi connectivity index (χ0n) is 10.7. The molecule has 1 aromatic carbocycles. The molecule has 8 heteroatoms. The summed E-state index contributed by atoms with van der Waals surface area (Å²) in [6, 6.07) is 5.09. The van der Waals surface area contributed by atoms with Crippen LogP contribution in [0.3, 0.4) is 0 Å². The molecule has 0 bridgehead atoms. The van der Waals surface area contributed by atoms with Crippen LogP contribution in [0, 0.1) is 0 Å². The Bertz CT molecular complexity index is 467. The van der Waals surface area contributed by atoms with Gasteiger partial charge in [0.05, 0.1) is 12.7 Å². The Labute approximate surface area is 115 Å². The van der Waals surface area contributed by atoms with Gasteiger partial charge in [-0.1, -0.05) is 0 Å². The third kappa shape index (κ3) is 2.99. The Balaban J connectivity index is 2.06. The quantitative estimate of drug-likeness (QED) is 0.374. The van der Waals surface area contributed by atoms with Gasteiger partial charge in [-0.15, -0.1) is 0 Å². The number of amides is 2. The summed E-state index contributed by atoms with van der Waals surface area (Å²) < 4.78 is 0. The molecule has 7 N–H and O–H groups in total. The SMILES string of the molecule is Nc1ccc(NC(=O)N2NC[C@@H](O)[C@H](O)[C@H]2CO)cc1. The first-order valence-corrected chi connectivity index (χ1v) is 6.19. The third-order valence-corrected chi connectivity index (χ3v) is 3.16. The standard InChI is InChI=1S/C12H18N4O4/c13-7-1-3-8(4-2-7)15-12(20)16-9(6-17)11(19)10(18)5-14-16/h1-4,9-11,14,17-19H,5-6,13H2,(H,15,20)/t9-,10-,11-/m1/s1. The van der Waals surface area contributed by atoms with Gasteiger partial charge in [-0.25, -0.2) is 10.2 Å². The number of β-amino-alcohol motifs (C(OH)–C–C–N with tert-alkyl or cyclic N) is 1. The van der Waals surface area contributed by atoms with Crippen molar-refractivity contribution >= 4 is 17.4 Å². The fraction of sp³-hybridized carbons (Fsp3) is 0.417. The van der Waals surface area contributed by atoms with Crippen LogP contribution in [0.2, 0.25) is 0 Å². The van der Waals surface area contributed by atoms with Gasteiger partial charge in [0.15, 0.2) is 0 Å². The van der Waals surface area contributed by atoms with Gasteiger partial charge in [0.25, 0.3) is 0 Å². The maximum Gasteiger partial charge on any atom is 0.336 e. The van der Waals surface area contributed by atoms with Crippen molar-refractivity contribution in [3.05, 3.63) is 24.3 Å². The summed E-state index contributed by atoms with van der Waals surface area (Å²) in [7, 11) is 0. The minimum Gasteiger partial charge on any atom is -0.399 e. The van der Waals surface area contributed by atoms with E-state index in [0.717, 1.165) is 5.01 Å². The number of nitrogen functional groups attached to an aromatic ring is 1. The molecule has 1 aromatic rings. The summed E-state index contributed by atoms with van der Waals surface area (Å²) in [6.45, 7) is -0.451. The molecule has 0 aliphatic carbocycles. The second-order valence-corrected chi connectivity index (χ2v) is 4.59. The molecule has 0 spiro atoms. The summed E-state index contributed by atoms with van der Waals surface area (Å²) in [6.07, 6.45) is -2.24. The smallest absolute Gasteiger partial charge is 0.336 e. The van der Waals surface area contributed by atoms with Crippen molar-refractivity contribution in [1.29, 1.82) is 0 Å². The molecule has 1 aliphatic heterocycles. The van der Waals surface area contributed by atoms with E-state index >= 15 is 0 Å².